The van der Waals surface area contributed by atoms with E-state index >= 15 is 0 Å². The third-order valence-corrected chi connectivity index (χ3v) is 3.70. The molecular weight excluding hydrogens is 270 g/mol. The zero-order valence-electron chi connectivity index (χ0n) is 12.1. The number of hydrogen-bond donors (Lipinski definition) is 1. The molecular formula is C17H20ClNO. The molecule has 0 radical (unpaired) electrons. The van der Waals surface area contributed by atoms with Crippen LogP contribution in [0.3, 0.4) is 0 Å². The molecule has 1 atom stereocenters. The molecule has 2 rings (SSSR count). The van der Waals surface area contributed by atoms with Crippen molar-refractivity contribution in [3.8, 4) is 5.75 Å². The minimum atomic E-state index is 0.277. The summed E-state index contributed by atoms with van der Waals surface area (Å²) in [6.07, 6.45) is 0. The van der Waals surface area contributed by atoms with Crippen molar-refractivity contribution in [3.05, 3.63) is 64.2 Å². The minimum Gasteiger partial charge on any atom is -0.487 e. The molecule has 2 nitrogen and oxygen atoms in total. The quantitative estimate of drug-likeness (QED) is 0.874. The Bertz CT molecular complexity index is 566. The molecule has 20 heavy (non-hydrogen) atoms. The Kier molecular flexibility index (Phi) is 5.05. The molecule has 0 aromatic heterocycles. The fourth-order valence-corrected chi connectivity index (χ4v) is 2.16. The lowest BCUT2D eigenvalue weighted by molar-refractivity contribution is 0.306. The first-order valence-electron chi connectivity index (χ1n) is 6.75. The first kappa shape index (κ1) is 14.9. The van der Waals surface area contributed by atoms with Crippen LogP contribution in [0.5, 0.6) is 5.75 Å². The summed E-state index contributed by atoms with van der Waals surface area (Å²) in [6, 6.07) is 14.5. The lowest BCUT2D eigenvalue weighted by Gasteiger charge is -2.13. The van der Waals surface area contributed by atoms with E-state index in [4.69, 9.17) is 16.3 Å². The van der Waals surface area contributed by atoms with E-state index < -0.39 is 0 Å². The van der Waals surface area contributed by atoms with Crippen LogP contribution >= 0.6 is 11.6 Å². The summed E-state index contributed by atoms with van der Waals surface area (Å²) in [5, 5.41) is 3.84. The van der Waals surface area contributed by atoms with E-state index in [0.717, 1.165) is 16.9 Å². The summed E-state index contributed by atoms with van der Waals surface area (Å²) in [6.45, 7) is 4.70. The van der Waals surface area contributed by atoms with Crippen LogP contribution < -0.4 is 10.1 Å². The molecule has 1 unspecified atom stereocenters. The van der Waals surface area contributed by atoms with Crippen molar-refractivity contribution >= 4 is 11.6 Å². The first-order chi connectivity index (χ1) is 9.60. The second-order valence-electron chi connectivity index (χ2n) is 4.97. The van der Waals surface area contributed by atoms with Crippen molar-refractivity contribution in [2.24, 2.45) is 0 Å². The lowest BCUT2D eigenvalue weighted by atomic mass is 10.1. The highest BCUT2D eigenvalue weighted by molar-refractivity contribution is 6.32. The summed E-state index contributed by atoms with van der Waals surface area (Å²) < 4.78 is 5.78. The maximum atomic E-state index is 6.27. The van der Waals surface area contributed by atoms with Crippen LogP contribution in [-0.4, -0.2) is 7.05 Å². The molecule has 0 aliphatic rings. The Morgan fingerprint density at radius 2 is 1.85 bits per heavy atom. The Morgan fingerprint density at radius 1 is 1.15 bits per heavy atom. The minimum absolute atomic E-state index is 0.277. The zero-order valence-corrected chi connectivity index (χ0v) is 12.9. The molecule has 3 heteroatoms. The molecule has 0 bridgehead atoms. The first-order valence-corrected chi connectivity index (χ1v) is 7.13. The van der Waals surface area contributed by atoms with Crippen LogP contribution in [-0.2, 0) is 6.61 Å². The summed E-state index contributed by atoms with van der Waals surface area (Å²) in [7, 11) is 1.93. The molecule has 0 fully saturated rings. The van der Waals surface area contributed by atoms with Gasteiger partial charge >= 0.3 is 0 Å². The van der Waals surface area contributed by atoms with Crippen LogP contribution in [0, 0.1) is 6.92 Å². The van der Waals surface area contributed by atoms with Crippen LogP contribution in [0.25, 0.3) is 0 Å². The normalized spacial score (nSPS) is 12.2. The van der Waals surface area contributed by atoms with Crippen molar-refractivity contribution in [2.45, 2.75) is 26.5 Å². The van der Waals surface area contributed by atoms with Crippen LogP contribution in [0.15, 0.2) is 42.5 Å². The van der Waals surface area contributed by atoms with E-state index in [1.807, 2.05) is 25.2 Å². The molecule has 0 saturated heterocycles. The highest BCUT2D eigenvalue weighted by atomic mass is 35.5. The summed E-state index contributed by atoms with van der Waals surface area (Å²) in [5.74, 6) is 0.722. The Balaban J connectivity index is 2.04. The molecule has 0 aliphatic heterocycles. The van der Waals surface area contributed by atoms with Crippen molar-refractivity contribution in [2.75, 3.05) is 7.05 Å². The van der Waals surface area contributed by atoms with Gasteiger partial charge in [0.05, 0.1) is 5.02 Å². The van der Waals surface area contributed by atoms with E-state index in [-0.39, 0.29) is 6.04 Å². The SMILES string of the molecule is CNC(C)c1ccc(OCc2ccc(C)cc2)c(Cl)c1. The predicted octanol–water partition coefficient (Wildman–Crippen LogP) is 4.51. The lowest BCUT2D eigenvalue weighted by Crippen LogP contribution is -2.12. The van der Waals surface area contributed by atoms with Gasteiger partial charge in [-0.25, -0.2) is 0 Å². The number of hydrogen-bond acceptors (Lipinski definition) is 2. The number of rotatable bonds is 5. The van der Waals surface area contributed by atoms with E-state index in [9.17, 15) is 0 Å². The van der Waals surface area contributed by atoms with Gasteiger partial charge in [-0.15, -0.1) is 0 Å². The van der Waals surface area contributed by atoms with Crippen LogP contribution in [0.1, 0.15) is 29.7 Å². The zero-order chi connectivity index (χ0) is 14.5. The Morgan fingerprint density at radius 3 is 2.45 bits per heavy atom. The molecule has 0 aliphatic carbocycles. The van der Waals surface area contributed by atoms with Gasteiger partial charge < -0.3 is 10.1 Å². The van der Waals surface area contributed by atoms with Crippen molar-refractivity contribution < 1.29 is 4.74 Å². The number of benzene rings is 2. The summed E-state index contributed by atoms with van der Waals surface area (Å²) in [4.78, 5) is 0. The fourth-order valence-electron chi connectivity index (χ4n) is 1.92. The average molecular weight is 290 g/mol. The molecule has 0 amide bonds. The molecule has 2 aromatic carbocycles. The van der Waals surface area contributed by atoms with E-state index in [1.54, 1.807) is 0 Å². The fraction of sp³-hybridized carbons (Fsp3) is 0.294. The average Bonchev–Trinajstić information content (AvgIpc) is 2.46. The smallest absolute Gasteiger partial charge is 0.138 e. The summed E-state index contributed by atoms with van der Waals surface area (Å²) >= 11 is 6.27. The van der Waals surface area contributed by atoms with Crippen LogP contribution in [0.2, 0.25) is 5.02 Å². The molecule has 106 valence electrons. The van der Waals surface area contributed by atoms with E-state index in [0.29, 0.717) is 11.6 Å². The predicted molar refractivity (Wildman–Crippen MR) is 84.4 cm³/mol. The van der Waals surface area contributed by atoms with E-state index in [1.165, 1.54) is 5.56 Å². The summed E-state index contributed by atoms with van der Waals surface area (Å²) in [5.41, 5.74) is 3.54. The maximum absolute atomic E-state index is 6.27. The van der Waals surface area contributed by atoms with Crippen molar-refractivity contribution in [1.29, 1.82) is 0 Å². The van der Waals surface area contributed by atoms with E-state index in [2.05, 4.69) is 43.4 Å². The second-order valence-corrected chi connectivity index (χ2v) is 5.38. The molecule has 0 spiro atoms. The van der Waals surface area contributed by atoms with Crippen molar-refractivity contribution in [1.82, 2.24) is 5.32 Å². The van der Waals surface area contributed by atoms with Gasteiger partial charge in [0.25, 0.3) is 0 Å². The molecule has 2 aromatic rings. The van der Waals surface area contributed by atoms with Gasteiger partial charge in [-0.3, -0.25) is 0 Å². The van der Waals surface area contributed by atoms with Gasteiger partial charge in [0.2, 0.25) is 0 Å². The van der Waals surface area contributed by atoms with Crippen molar-refractivity contribution in [3.63, 3.8) is 0 Å². The third kappa shape index (κ3) is 3.75. The maximum Gasteiger partial charge on any atom is 0.138 e. The number of aryl methyl sites for hydroxylation is 1. The monoisotopic (exact) mass is 289 g/mol. The topological polar surface area (TPSA) is 21.3 Å². The Labute approximate surface area is 125 Å². The highest BCUT2D eigenvalue weighted by Gasteiger charge is 2.07. The van der Waals surface area contributed by atoms with Gasteiger partial charge in [0, 0.05) is 6.04 Å². The third-order valence-electron chi connectivity index (χ3n) is 3.40. The van der Waals surface area contributed by atoms with Crippen LogP contribution in [0.4, 0.5) is 0 Å². The molecule has 1 N–H and O–H groups in total. The number of ether oxygens (including phenoxy) is 1. The number of nitrogens with one attached hydrogen (secondary N) is 1. The highest BCUT2D eigenvalue weighted by Crippen LogP contribution is 2.28. The van der Waals surface area contributed by atoms with Gasteiger partial charge in [-0.2, -0.15) is 0 Å². The van der Waals surface area contributed by atoms with Gasteiger partial charge in [0.15, 0.2) is 0 Å². The number of halogens is 1. The second kappa shape index (κ2) is 6.78. The van der Waals surface area contributed by atoms with Gasteiger partial charge in [0.1, 0.15) is 12.4 Å². The molecule has 0 saturated carbocycles. The van der Waals surface area contributed by atoms with Gasteiger partial charge in [-0.05, 0) is 44.2 Å². The molecule has 0 heterocycles. The standard InChI is InChI=1S/C17H20ClNO/c1-12-4-6-14(7-5-12)11-20-17-9-8-15(10-16(17)18)13(2)19-3/h4-10,13,19H,11H2,1-3H3. The largest absolute Gasteiger partial charge is 0.487 e. The Hall–Kier alpha value is -1.51. The van der Waals surface area contributed by atoms with Gasteiger partial charge in [-0.1, -0.05) is 47.5 Å².